The third-order valence-electron chi connectivity index (χ3n) is 4.38. The van der Waals surface area contributed by atoms with Crippen LogP contribution in [0.2, 0.25) is 0 Å². The molecule has 0 unspecified atom stereocenters. The number of unbranched alkanes of at least 4 members (excludes halogenated alkanes) is 6. The summed E-state index contributed by atoms with van der Waals surface area (Å²) < 4.78 is 5.78. The van der Waals surface area contributed by atoms with Crippen molar-refractivity contribution >= 4 is 0 Å². The van der Waals surface area contributed by atoms with Crippen molar-refractivity contribution in [2.45, 2.75) is 76.9 Å². The highest BCUT2D eigenvalue weighted by atomic mass is 16.5. The Labute approximate surface area is 132 Å². The number of phenolic OH excluding ortho intramolecular Hbond substituents is 2. The Morgan fingerprint density at radius 2 is 1.73 bits per heavy atom. The normalized spacial score (nSPS) is 20.5. The van der Waals surface area contributed by atoms with Gasteiger partial charge < -0.3 is 20.1 Å². The molecule has 2 atom stereocenters. The summed E-state index contributed by atoms with van der Waals surface area (Å²) in [7, 11) is 0. The van der Waals surface area contributed by atoms with Gasteiger partial charge in [0.05, 0.1) is 6.10 Å². The molecule has 0 spiro atoms. The fourth-order valence-corrected chi connectivity index (χ4v) is 3.06. The van der Waals surface area contributed by atoms with Crippen LogP contribution in [0.1, 0.15) is 63.9 Å². The Bertz CT molecular complexity index is 472. The van der Waals surface area contributed by atoms with Crippen molar-refractivity contribution in [3.63, 3.8) is 0 Å². The Hall–Kier alpha value is -1.42. The molecule has 3 N–H and O–H groups in total. The summed E-state index contributed by atoms with van der Waals surface area (Å²) in [5.41, 5.74) is 0.584. The first kappa shape index (κ1) is 16.9. The summed E-state index contributed by atoms with van der Waals surface area (Å²) in [5.74, 6) is 0.474. The quantitative estimate of drug-likeness (QED) is 0.637. The van der Waals surface area contributed by atoms with Gasteiger partial charge >= 0.3 is 0 Å². The van der Waals surface area contributed by atoms with E-state index in [1.54, 1.807) is 0 Å². The second kappa shape index (κ2) is 8.28. The Balaban J connectivity index is 1.78. The van der Waals surface area contributed by atoms with E-state index in [-0.39, 0.29) is 17.6 Å². The molecule has 1 heterocycles. The number of hydrogen-bond acceptors (Lipinski definition) is 4. The van der Waals surface area contributed by atoms with Crippen LogP contribution >= 0.6 is 0 Å². The first-order valence-corrected chi connectivity index (χ1v) is 8.51. The maximum Gasteiger partial charge on any atom is 0.130 e. The monoisotopic (exact) mass is 308 g/mol. The molecule has 22 heavy (non-hydrogen) atoms. The molecule has 0 radical (unpaired) electrons. The van der Waals surface area contributed by atoms with Gasteiger partial charge in [0.15, 0.2) is 0 Å². The van der Waals surface area contributed by atoms with E-state index in [1.807, 2.05) is 0 Å². The van der Waals surface area contributed by atoms with Gasteiger partial charge in [0.25, 0.3) is 0 Å². The largest absolute Gasteiger partial charge is 0.508 e. The van der Waals surface area contributed by atoms with E-state index in [0.717, 1.165) is 19.3 Å². The lowest BCUT2D eigenvalue weighted by Gasteiger charge is -2.31. The molecule has 1 aromatic carbocycles. The van der Waals surface area contributed by atoms with Gasteiger partial charge in [-0.15, -0.1) is 0 Å². The molecular formula is C18H28O4. The highest BCUT2D eigenvalue weighted by molar-refractivity contribution is 5.50. The molecule has 2 rings (SSSR count). The summed E-state index contributed by atoms with van der Waals surface area (Å²) in [5, 5.41) is 29.5. The topological polar surface area (TPSA) is 69.9 Å². The van der Waals surface area contributed by atoms with Crippen LogP contribution in [-0.4, -0.2) is 27.5 Å². The van der Waals surface area contributed by atoms with Crippen molar-refractivity contribution < 1.29 is 20.1 Å². The molecule has 0 aliphatic carbocycles. The van der Waals surface area contributed by atoms with Crippen molar-refractivity contribution in [3.8, 4) is 17.2 Å². The van der Waals surface area contributed by atoms with Gasteiger partial charge in [-0.25, -0.2) is 0 Å². The molecule has 0 aromatic heterocycles. The van der Waals surface area contributed by atoms with Gasteiger partial charge in [-0.1, -0.05) is 45.4 Å². The van der Waals surface area contributed by atoms with E-state index in [2.05, 4.69) is 6.92 Å². The van der Waals surface area contributed by atoms with E-state index >= 15 is 0 Å². The number of ether oxygens (including phenoxy) is 1. The lowest BCUT2D eigenvalue weighted by atomic mass is 9.95. The summed E-state index contributed by atoms with van der Waals surface area (Å²) in [6.07, 6.45) is 8.95. The maximum atomic E-state index is 10.2. The number of aromatic hydroxyl groups is 2. The number of fused-ring (bicyclic) bond motifs is 1. The lowest BCUT2D eigenvalue weighted by molar-refractivity contribution is 0.0149. The first-order chi connectivity index (χ1) is 10.6. The van der Waals surface area contributed by atoms with Crippen molar-refractivity contribution in [2.24, 2.45) is 0 Å². The summed E-state index contributed by atoms with van der Waals surface area (Å²) in [4.78, 5) is 0. The van der Waals surface area contributed by atoms with Gasteiger partial charge in [-0.3, -0.25) is 0 Å². The molecule has 1 aromatic rings. The van der Waals surface area contributed by atoms with Gasteiger partial charge in [0.2, 0.25) is 0 Å². The van der Waals surface area contributed by atoms with E-state index in [0.29, 0.717) is 17.7 Å². The average Bonchev–Trinajstić information content (AvgIpc) is 2.47. The molecular weight excluding hydrogens is 280 g/mol. The van der Waals surface area contributed by atoms with Crippen LogP contribution < -0.4 is 4.74 Å². The van der Waals surface area contributed by atoms with Gasteiger partial charge in [-0.2, -0.15) is 0 Å². The van der Waals surface area contributed by atoms with Crippen LogP contribution in [0, 0.1) is 0 Å². The van der Waals surface area contributed by atoms with Crippen LogP contribution in [0.5, 0.6) is 17.2 Å². The molecule has 0 saturated carbocycles. The molecule has 0 amide bonds. The summed E-state index contributed by atoms with van der Waals surface area (Å²) >= 11 is 0. The number of rotatable bonds is 8. The molecule has 124 valence electrons. The van der Waals surface area contributed by atoms with Crippen LogP contribution in [0.25, 0.3) is 0 Å². The lowest BCUT2D eigenvalue weighted by Crippen LogP contribution is -2.37. The van der Waals surface area contributed by atoms with Crippen LogP contribution in [0.3, 0.4) is 0 Å². The molecule has 0 saturated heterocycles. The number of aliphatic hydroxyl groups excluding tert-OH is 1. The van der Waals surface area contributed by atoms with E-state index in [1.165, 1.54) is 44.2 Å². The van der Waals surface area contributed by atoms with Crippen LogP contribution in [-0.2, 0) is 6.42 Å². The minimum Gasteiger partial charge on any atom is -0.508 e. The second-order valence-electron chi connectivity index (χ2n) is 6.28. The molecule has 0 fully saturated rings. The molecule has 4 nitrogen and oxygen atoms in total. The molecule has 1 aliphatic heterocycles. The molecule has 1 aliphatic rings. The fourth-order valence-electron chi connectivity index (χ4n) is 3.06. The first-order valence-electron chi connectivity index (χ1n) is 8.51. The average molecular weight is 308 g/mol. The molecule has 0 bridgehead atoms. The third-order valence-corrected chi connectivity index (χ3v) is 4.38. The second-order valence-corrected chi connectivity index (χ2v) is 6.28. The van der Waals surface area contributed by atoms with Gasteiger partial charge in [-0.05, 0) is 12.8 Å². The van der Waals surface area contributed by atoms with E-state index in [9.17, 15) is 15.3 Å². The zero-order valence-corrected chi connectivity index (χ0v) is 13.4. The smallest absolute Gasteiger partial charge is 0.130 e. The highest BCUT2D eigenvalue weighted by Crippen LogP contribution is 2.38. The fraction of sp³-hybridized carbons (Fsp3) is 0.667. The number of hydrogen-bond donors (Lipinski definition) is 3. The number of aliphatic hydroxyl groups is 1. The van der Waals surface area contributed by atoms with Gasteiger partial charge in [0.1, 0.15) is 23.4 Å². The predicted octanol–water partition coefficient (Wildman–Crippen LogP) is 3.90. The SMILES string of the molecule is CCCCCCCCC[C@@H]1Oc2cc(O)cc(O)c2C[C@@H]1O. The minimum absolute atomic E-state index is 0.0107. The van der Waals surface area contributed by atoms with Crippen molar-refractivity contribution in [1.82, 2.24) is 0 Å². The third kappa shape index (κ3) is 4.54. The highest BCUT2D eigenvalue weighted by Gasteiger charge is 2.30. The van der Waals surface area contributed by atoms with Crippen LogP contribution in [0.4, 0.5) is 0 Å². The van der Waals surface area contributed by atoms with Crippen LogP contribution in [0.15, 0.2) is 12.1 Å². The standard InChI is InChI=1S/C18H28O4/c1-2-3-4-5-6-7-8-9-17-16(21)12-14-15(20)10-13(19)11-18(14)22-17/h10-11,16-17,19-21H,2-9,12H2,1H3/t16-,17-/m0/s1. The number of phenols is 2. The Morgan fingerprint density at radius 1 is 1.05 bits per heavy atom. The predicted molar refractivity (Wildman–Crippen MR) is 86.5 cm³/mol. The Morgan fingerprint density at radius 3 is 2.45 bits per heavy atom. The summed E-state index contributed by atoms with van der Waals surface area (Å²) in [6, 6.07) is 2.80. The zero-order chi connectivity index (χ0) is 15.9. The Kier molecular flexibility index (Phi) is 6.37. The van der Waals surface area contributed by atoms with Crippen molar-refractivity contribution in [3.05, 3.63) is 17.7 Å². The zero-order valence-electron chi connectivity index (χ0n) is 13.4. The van der Waals surface area contributed by atoms with E-state index in [4.69, 9.17) is 4.74 Å². The minimum atomic E-state index is -0.594. The van der Waals surface area contributed by atoms with E-state index < -0.39 is 6.10 Å². The van der Waals surface area contributed by atoms with Crippen molar-refractivity contribution in [1.29, 1.82) is 0 Å². The molecule has 4 heteroatoms. The number of benzene rings is 1. The summed E-state index contributed by atoms with van der Waals surface area (Å²) in [6.45, 7) is 2.22. The maximum absolute atomic E-state index is 10.2. The van der Waals surface area contributed by atoms with Crippen molar-refractivity contribution in [2.75, 3.05) is 0 Å². The van der Waals surface area contributed by atoms with Gasteiger partial charge in [0, 0.05) is 24.1 Å².